The van der Waals surface area contributed by atoms with E-state index in [-0.39, 0.29) is 16.1 Å². The summed E-state index contributed by atoms with van der Waals surface area (Å²) in [6.45, 7) is 4.06. The number of allylic oxidation sites excluding steroid dienone is 4. The van der Waals surface area contributed by atoms with Gasteiger partial charge in [-0.3, -0.25) is 0 Å². The van der Waals surface area contributed by atoms with E-state index in [0.717, 1.165) is 16.7 Å². The van der Waals surface area contributed by atoms with Crippen molar-refractivity contribution in [3.63, 3.8) is 0 Å². The predicted molar refractivity (Wildman–Crippen MR) is 94.0 cm³/mol. The van der Waals surface area contributed by atoms with Crippen molar-refractivity contribution < 1.29 is 12.8 Å². The number of primary sulfonamides is 1. The van der Waals surface area contributed by atoms with Crippen molar-refractivity contribution in [1.82, 2.24) is 0 Å². The van der Waals surface area contributed by atoms with Crippen LogP contribution in [0.2, 0.25) is 0 Å². The van der Waals surface area contributed by atoms with Gasteiger partial charge in [-0.2, -0.15) is 0 Å². The highest BCUT2D eigenvalue weighted by molar-refractivity contribution is 7.89. The lowest BCUT2D eigenvalue weighted by Gasteiger charge is -2.13. The molecule has 0 fully saturated rings. The van der Waals surface area contributed by atoms with E-state index in [2.05, 4.69) is 6.08 Å². The second-order valence-corrected chi connectivity index (χ2v) is 8.02. The van der Waals surface area contributed by atoms with Gasteiger partial charge in [0.25, 0.3) is 0 Å². The van der Waals surface area contributed by atoms with Gasteiger partial charge in [-0.25, -0.2) is 17.9 Å². The quantitative estimate of drug-likeness (QED) is 0.916. The number of nitrogens with two attached hydrogens (primary N) is 1. The van der Waals surface area contributed by atoms with Crippen molar-refractivity contribution in [2.75, 3.05) is 0 Å². The molecule has 0 aliphatic heterocycles. The third-order valence-electron chi connectivity index (χ3n) is 3.96. The van der Waals surface area contributed by atoms with Gasteiger partial charge in [0.2, 0.25) is 10.0 Å². The van der Waals surface area contributed by atoms with Gasteiger partial charge >= 0.3 is 0 Å². The van der Waals surface area contributed by atoms with Crippen LogP contribution in [0.1, 0.15) is 25.0 Å². The molecule has 0 aromatic heterocycles. The maximum absolute atomic E-state index is 13.2. The van der Waals surface area contributed by atoms with Gasteiger partial charge in [0.05, 0.1) is 4.90 Å². The van der Waals surface area contributed by atoms with Gasteiger partial charge in [0.15, 0.2) is 0 Å². The van der Waals surface area contributed by atoms with Crippen LogP contribution in [0.25, 0.3) is 11.1 Å². The van der Waals surface area contributed by atoms with Crippen molar-refractivity contribution in [3.8, 4) is 0 Å². The fourth-order valence-corrected chi connectivity index (χ4v) is 3.72. The zero-order chi connectivity index (χ0) is 17.5. The van der Waals surface area contributed by atoms with Crippen LogP contribution in [-0.4, -0.2) is 8.42 Å². The second-order valence-electron chi connectivity index (χ2n) is 6.49. The Kier molecular flexibility index (Phi) is 3.94. The monoisotopic (exact) mass is 343 g/mol. The van der Waals surface area contributed by atoms with Gasteiger partial charge < -0.3 is 0 Å². The minimum Gasteiger partial charge on any atom is -0.225 e. The van der Waals surface area contributed by atoms with E-state index >= 15 is 0 Å². The summed E-state index contributed by atoms with van der Waals surface area (Å²) in [5, 5.41) is 5.37. The predicted octanol–water partition coefficient (Wildman–Crippen LogP) is 3.98. The summed E-state index contributed by atoms with van der Waals surface area (Å²) in [6.07, 6.45) is 4.06. The molecule has 0 heterocycles. The molecule has 0 unspecified atom stereocenters. The highest BCUT2D eigenvalue weighted by atomic mass is 32.2. The van der Waals surface area contributed by atoms with Crippen LogP contribution in [-0.2, 0) is 10.0 Å². The molecule has 0 radical (unpaired) electrons. The molecule has 0 saturated carbocycles. The lowest BCUT2D eigenvalue weighted by atomic mass is 9.95. The SMILES string of the molecule is CC1(C)C=C(c2ccc(F)cc2)C(c2ccccc2S(N)(=O)=O)=C1. The minimum absolute atomic E-state index is 0.0851. The zero-order valence-corrected chi connectivity index (χ0v) is 14.3. The Morgan fingerprint density at radius 2 is 1.50 bits per heavy atom. The molecule has 0 amide bonds. The Bertz CT molecular complexity index is 955. The number of benzene rings is 2. The largest absolute Gasteiger partial charge is 0.238 e. The zero-order valence-electron chi connectivity index (χ0n) is 13.5. The number of sulfonamides is 1. The van der Waals surface area contributed by atoms with E-state index in [0.29, 0.717) is 5.56 Å². The first-order valence-corrected chi connectivity index (χ1v) is 9.06. The standard InChI is InChI=1S/C19H18FNO2S/c1-19(2)11-16(13-7-9-14(20)10-8-13)17(12-19)15-5-3-4-6-18(15)24(21,22)23/h3-12H,1-2H3,(H2,21,22,23). The van der Waals surface area contributed by atoms with Crippen molar-refractivity contribution >= 4 is 21.2 Å². The molecule has 2 aromatic carbocycles. The van der Waals surface area contributed by atoms with Crippen molar-refractivity contribution in [1.29, 1.82) is 0 Å². The summed E-state index contributed by atoms with van der Waals surface area (Å²) in [6, 6.07) is 12.8. The fraction of sp³-hybridized carbons (Fsp3) is 0.158. The van der Waals surface area contributed by atoms with Crippen molar-refractivity contribution in [2.45, 2.75) is 18.7 Å². The molecule has 2 aromatic rings. The summed E-state index contributed by atoms with van der Waals surface area (Å²) in [4.78, 5) is 0.0851. The molecule has 1 aliphatic carbocycles. The lowest BCUT2D eigenvalue weighted by molar-refractivity contribution is 0.597. The van der Waals surface area contributed by atoms with E-state index in [1.54, 1.807) is 30.3 Å². The molecular formula is C19H18FNO2S. The molecule has 2 N–H and O–H groups in total. The Morgan fingerprint density at radius 1 is 0.917 bits per heavy atom. The average Bonchev–Trinajstić information content (AvgIpc) is 2.83. The van der Waals surface area contributed by atoms with Crippen LogP contribution in [0.4, 0.5) is 4.39 Å². The van der Waals surface area contributed by atoms with E-state index in [4.69, 9.17) is 5.14 Å². The molecule has 1 aliphatic rings. The fourth-order valence-electron chi connectivity index (χ4n) is 2.97. The molecular weight excluding hydrogens is 325 g/mol. The van der Waals surface area contributed by atoms with E-state index < -0.39 is 10.0 Å². The Labute approximate surface area is 141 Å². The van der Waals surface area contributed by atoms with Crippen molar-refractivity contribution in [3.05, 3.63) is 77.6 Å². The summed E-state index contributed by atoms with van der Waals surface area (Å²) in [5.41, 5.74) is 2.80. The van der Waals surface area contributed by atoms with Crippen LogP contribution in [0.15, 0.2) is 65.6 Å². The van der Waals surface area contributed by atoms with Gasteiger partial charge in [0.1, 0.15) is 5.82 Å². The molecule has 0 atom stereocenters. The third-order valence-corrected chi connectivity index (χ3v) is 4.93. The first-order valence-electron chi connectivity index (χ1n) is 7.52. The molecule has 24 heavy (non-hydrogen) atoms. The molecule has 0 bridgehead atoms. The topological polar surface area (TPSA) is 60.2 Å². The summed E-state index contributed by atoms with van der Waals surface area (Å²) in [7, 11) is -3.85. The number of halogens is 1. The summed E-state index contributed by atoms with van der Waals surface area (Å²) < 4.78 is 37.1. The molecule has 124 valence electrons. The number of hydrogen-bond donors (Lipinski definition) is 1. The molecule has 0 saturated heterocycles. The van der Waals surface area contributed by atoms with Crippen LogP contribution >= 0.6 is 0 Å². The highest BCUT2D eigenvalue weighted by Crippen LogP contribution is 2.44. The van der Waals surface area contributed by atoms with Gasteiger partial charge in [-0.05, 0) is 34.9 Å². The van der Waals surface area contributed by atoms with Gasteiger partial charge in [0, 0.05) is 11.0 Å². The third kappa shape index (κ3) is 3.18. The first-order chi connectivity index (χ1) is 11.2. The molecule has 3 rings (SSSR count). The van der Waals surface area contributed by atoms with Gasteiger partial charge in [-0.1, -0.05) is 56.3 Å². The smallest absolute Gasteiger partial charge is 0.225 e. The maximum atomic E-state index is 13.2. The van der Waals surface area contributed by atoms with E-state index in [9.17, 15) is 12.8 Å². The summed E-state index contributed by atoms with van der Waals surface area (Å²) in [5.74, 6) is -0.313. The Hall–Kier alpha value is -2.24. The average molecular weight is 343 g/mol. The first kappa shape index (κ1) is 16.6. The lowest BCUT2D eigenvalue weighted by Crippen LogP contribution is -2.14. The van der Waals surface area contributed by atoms with Gasteiger partial charge in [-0.15, -0.1) is 0 Å². The maximum Gasteiger partial charge on any atom is 0.238 e. The Balaban J connectivity index is 2.21. The highest BCUT2D eigenvalue weighted by Gasteiger charge is 2.28. The Morgan fingerprint density at radius 3 is 2.12 bits per heavy atom. The van der Waals surface area contributed by atoms with Crippen molar-refractivity contribution in [2.24, 2.45) is 10.6 Å². The van der Waals surface area contributed by atoms with E-state index in [1.807, 2.05) is 19.9 Å². The van der Waals surface area contributed by atoms with Crippen LogP contribution in [0.5, 0.6) is 0 Å². The minimum atomic E-state index is -3.85. The van der Waals surface area contributed by atoms with Crippen LogP contribution < -0.4 is 5.14 Å². The number of hydrogen-bond acceptors (Lipinski definition) is 2. The molecule has 3 nitrogen and oxygen atoms in total. The van der Waals surface area contributed by atoms with Crippen LogP contribution in [0, 0.1) is 11.2 Å². The summed E-state index contributed by atoms with van der Waals surface area (Å²) >= 11 is 0. The van der Waals surface area contributed by atoms with E-state index in [1.165, 1.54) is 18.2 Å². The normalized spacial score (nSPS) is 16.7. The second kappa shape index (κ2) is 5.69. The molecule has 0 spiro atoms. The van der Waals surface area contributed by atoms with Crippen LogP contribution in [0.3, 0.4) is 0 Å². The molecule has 5 heteroatoms. The number of rotatable bonds is 3.